The standard InChI is InChI=1S/C14H27N3S/c1-16(11-12-17-9-5-6-10-17)14(18)15-13-7-3-2-4-8-13/h13H,2-12H2,1H3,(H,15,18). The fourth-order valence-corrected chi connectivity index (χ4v) is 3.19. The van der Waals surface area contributed by atoms with Crippen molar-refractivity contribution in [2.75, 3.05) is 33.2 Å². The van der Waals surface area contributed by atoms with E-state index in [0.29, 0.717) is 6.04 Å². The van der Waals surface area contributed by atoms with E-state index in [-0.39, 0.29) is 0 Å². The van der Waals surface area contributed by atoms with Crippen molar-refractivity contribution in [3.8, 4) is 0 Å². The Balaban J connectivity index is 1.63. The van der Waals surface area contributed by atoms with Crippen LogP contribution in [0.2, 0.25) is 0 Å². The maximum atomic E-state index is 5.49. The molecule has 3 nitrogen and oxygen atoms in total. The smallest absolute Gasteiger partial charge is 0.168 e. The Bertz CT molecular complexity index is 258. The lowest BCUT2D eigenvalue weighted by atomic mass is 9.96. The number of thiocarbonyl (C=S) groups is 1. The van der Waals surface area contributed by atoms with E-state index in [1.54, 1.807) is 0 Å². The van der Waals surface area contributed by atoms with Crippen molar-refractivity contribution in [1.82, 2.24) is 15.1 Å². The molecule has 0 aromatic heterocycles. The second kappa shape index (κ2) is 7.29. The van der Waals surface area contributed by atoms with Crippen LogP contribution in [0.3, 0.4) is 0 Å². The maximum Gasteiger partial charge on any atom is 0.168 e. The molecule has 0 aromatic rings. The van der Waals surface area contributed by atoms with Gasteiger partial charge in [0.25, 0.3) is 0 Å². The van der Waals surface area contributed by atoms with Gasteiger partial charge < -0.3 is 15.1 Å². The van der Waals surface area contributed by atoms with E-state index in [9.17, 15) is 0 Å². The summed E-state index contributed by atoms with van der Waals surface area (Å²) in [6, 6.07) is 0.625. The Morgan fingerprint density at radius 2 is 1.83 bits per heavy atom. The number of nitrogens with zero attached hydrogens (tertiary/aromatic N) is 2. The molecule has 0 unspecified atom stereocenters. The first-order chi connectivity index (χ1) is 8.75. The van der Waals surface area contributed by atoms with Gasteiger partial charge in [-0.1, -0.05) is 19.3 Å². The lowest BCUT2D eigenvalue weighted by Crippen LogP contribution is -2.45. The largest absolute Gasteiger partial charge is 0.360 e. The van der Waals surface area contributed by atoms with Gasteiger partial charge in [0, 0.05) is 26.2 Å². The number of nitrogens with one attached hydrogen (secondary N) is 1. The quantitative estimate of drug-likeness (QED) is 0.789. The van der Waals surface area contributed by atoms with Crippen LogP contribution in [0.1, 0.15) is 44.9 Å². The van der Waals surface area contributed by atoms with E-state index in [0.717, 1.165) is 18.2 Å². The highest BCUT2D eigenvalue weighted by Crippen LogP contribution is 2.17. The summed E-state index contributed by atoms with van der Waals surface area (Å²) in [5.41, 5.74) is 0. The van der Waals surface area contributed by atoms with E-state index >= 15 is 0 Å². The van der Waals surface area contributed by atoms with Gasteiger partial charge in [0.05, 0.1) is 0 Å². The third-order valence-electron chi connectivity index (χ3n) is 4.23. The summed E-state index contributed by atoms with van der Waals surface area (Å²) >= 11 is 5.49. The van der Waals surface area contributed by atoms with Gasteiger partial charge >= 0.3 is 0 Å². The summed E-state index contributed by atoms with van der Waals surface area (Å²) in [6.07, 6.45) is 9.44. The average molecular weight is 269 g/mol. The summed E-state index contributed by atoms with van der Waals surface area (Å²) in [7, 11) is 2.12. The Morgan fingerprint density at radius 1 is 1.17 bits per heavy atom. The van der Waals surface area contributed by atoms with E-state index in [4.69, 9.17) is 12.2 Å². The molecule has 1 N–H and O–H groups in total. The van der Waals surface area contributed by atoms with Crippen LogP contribution in [-0.2, 0) is 0 Å². The molecule has 2 rings (SSSR count). The molecule has 1 aliphatic heterocycles. The molecule has 18 heavy (non-hydrogen) atoms. The minimum absolute atomic E-state index is 0.625. The molecule has 2 fully saturated rings. The molecule has 0 atom stereocenters. The van der Waals surface area contributed by atoms with Crippen LogP contribution in [-0.4, -0.2) is 54.2 Å². The van der Waals surface area contributed by atoms with Gasteiger partial charge in [-0.15, -0.1) is 0 Å². The minimum atomic E-state index is 0.625. The average Bonchev–Trinajstić information content (AvgIpc) is 2.90. The highest BCUT2D eigenvalue weighted by atomic mass is 32.1. The Morgan fingerprint density at radius 3 is 2.50 bits per heavy atom. The van der Waals surface area contributed by atoms with Gasteiger partial charge in [0.15, 0.2) is 5.11 Å². The zero-order chi connectivity index (χ0) is 12.8. The molecule has 0 aromatic carbocycles. The van der Waals surface area contributed by atoms with Crippen molar-refractivity contribution in [2.45, 2.75) is 51.0 Å². The number of likely N-dealkylation sites (N-methyl/N-ethyl adjacent to an activating group) is 1. The van der Waals surface area contributed by atoms with E-state index in [2.05, 4.69) is 22.2 Å². The van der Waals surface area contributed by atoms with E-state index < -0.39 is 0 Å². The Labute approximate surface area is 117 Å². The number of likely N-dealkylation sites (tertiary alicyclic amines) is 1. The lowest BCUT2D eigenvalue weighted by Gasteiger charge is -2.29. The number of hydrogen-bond acceptors (Lipinski definition) is 2. The fraction of sp³-hybridized carbons (Fsp3) is 0.929. The van der Waals surface area contributed by atoms with Crippen LogP contribution in [0.25, 0.3) is 0 Å². The van der Waals surface area contributed by atoms with Crippen LogP contribution in [0.15, 0.2) is 0 Å². The van der Waals surface area contributed by atoms with E-state index in [1.807, 2.05) is 0 Å². The summed E-state index contributed by atoms with van der Waals surface area (Å²) in [5.74, 6) is 0. The summed E-state index contributed by atoms with van der Waals surface area (Å²) in [6.45, 7) is 4.76. The maximum absolute atomic E-state index is 5.49. The summed E-state index contributed by atoms with van der Waals surface area (Å²) in [4.78, 5) is 4.75. The van der Waals surface area contributed by atoms with Gasteiger partial charge in [-0.2, -0.15) is 0 Å². The first kappa shape index (κ1) is 14.1. The molecule has 2 aliphatic rings. The second-order valence-electron chi connectivity index (χ2n) is 5.75. The van der Waals surface area contributed by atoms with Crippen molar-refractivity contribution >= 4 is 17.3 Å². The molecule has 4 heteroatoms. The molecule has 0 radical (unpaired) electrons. The molecule has 104 valence electrons. The monoisotopic (exact) mass is 269 g/mol. The van der Waals surface area contributed by atoms with Crippen molar-refractivity contribution in [1.29, 1.82) is 0 Å². The number of hydrogen-bond donors (Lipinski definition) is 1. The predicted octanol–water partition coefficient (Wildman–Crippen LogP) is 2.22. The minimum Gasteiger partial charge on any atom is -0.360 e. The second-order valence-corrected chi connectivity index (χ2v) is 6.14. The van der Waals surface area contributed by atoms with Gasteiger partial charge in [0.1, 0.15) is 0 Å². The topological polar surface area (TPSA) is 18.5 Å². The van der Waals surface area contributed by atoms with Crippen LogP contribution in [0, 0.1) is 0 Å². The first-order valence-corrected chi connectivity index (χ1v) is 7.90. The van der Waals surface area contributed by atoms with Gasteiger partial charge in [-0.3, -0.25) is 0 Å². The predicted molar refractivity (Wildman–Crippen MR) is 80.9 cm³/mol. The van der Waals surface area contributed by atoms with Crippen molar-refractivity contribution in [3.63, 3.8) is 0 Å². The fourth-order valence-electron chi connectivity index (χ4n) is 2.93. The highest BCUT2D eigenvalue weighted by molar-refractivity contribution is 7.80. The summed E-state index contributed by atoms with van der Waals surface area (Å²) in [5, 5.41) is 4.48. The lowest BCUT2D eigenvalue weighted by molar-refractivity contribution is 0.303. The first-order valence-electron chi connectivity index (χ1n) is 7.50. The SMILES string of the molecule is CN(CCN1CCCC1)C(=S)NC1CCCCC1. The summed E-state index contributed by atoms with van der Waals surface area (Å²) < 4.78 is 0. The third-order valence-corrected chi connectivity index (χ3v) is 4.66. The number of rotatable bonds is 4. The zero-order valence-electron chi connectivity index (χ0n) is 11.7. The van der Waals surface area contributed by atoms with Crippen LogP contribution >= 0.6 is 12.2 Å². The zero-order valence-corrected chi connectivity index (χ0v) is 12.5. The molecule has 0 bridgehead atoms. The Hall–Kier alpha value is -0.350. The normalized spacial score (nSPS) is 22.1. The molecule has 1 heterocycles. The molecular formula is C14H27N3S. The van der Waals surface area contributed by atoms with Gasteiger partial charge in [-0.05, 0) is 51.0 Å². The van der Waals surface area contributed by atoms with Gasteiger partial charge in [0.2, 0.25) is 0 Å². The molecular weight excluding hydrogens is 242 g/mol. The highest BCUT2D eigenvalue weighted by Gasteiger charge is 2.16. The molecule has 1 saturated carbocycles. The van der Waals surface area contributed by atoms with Crippen LogP contribution < -0.4 is 5.32 Å². The van der Waals surface area contributed by atoms with Crippen LogP contribution in [0.5, 0.6) is 0 Å². The molecule has 1 aliphatic carbocycles. The van der Waals surface area contributed by atoms with Gasteiger partial charge in [-0.25, -0.2) is 0 Å². The van der Waals surface area contributed by atoms with Crippen molar-refractivity contribution in [3.05, 3.63) is 0 Å². The van der Waals surface area contributed by atoms with Crippen molar-refractivity contribution < 1.29 is 0 Å². The van der Waals surface area contributed by atoms with Crippen LogP contribution in [0.4, 0.5) is 0 Å². The van der Waals surface area contributed by atoms with Crippen molar-refractivity contribution in [2.24, 2.45) is 0 Å². The third kappa shape index (κ3) is 4.39. The molecule has 0 spiro atoms. The molecule has 1 saturated heterocycles. The molecule has 0 amide bonds. The Kier molecular flexibility index (Phi) is 5.70. The van der Waals surface area contributed by atoms with E-state index in [1.165, 1.54) is 58.0 Å².